The lowest BCUT2D eigenvalue weighted by Gasteiger charge is -2.70. The number of carbonyl (C=O) groups excluding carboxylic acids is 1. The standard InChI is InChI=1S/C43H64O15/c1-38(2)24-8-11-43(7)33(22(44)17-20-21-18-40(4,37(54)55)13-12-39(21,3)14-15-42(20,43)6)41(24,5)10-9-25(38)56-23-16-19(34(50)51)26(45)28(47)31(23)57-36-30(49)27(46)29(48)32(58-36)35(52)53/h17,19,21,23-33,36,45-49H,8-16,18H2,1-7H3,(H,50,51)(H,52,53)(H,54,55)/t19-,21?,23+,24?,25-,26+,27-,28-,29-,30+,31-,32-,33?,36+,39+,40-,41-,42+,43+/m0/s1. The molecule has 0 spiro atoms. The van der Waals surface area contributed by atoms with Crippen molar-refractivity contribution in [3.63, 3.8) is 0 Å². The van der Waals surface area contributed by atoms with Crippen molar-refractivity contribution >= 4 is 23.7 Å². The highest BCUT2D eigenvalue weighted by atomic mass is 16.7. The van der Waals surface area contributed by atoms with Gasteiger partial charge in [-0.1, -0.05) is 47.1 Å². The topological polar surface area (TPSA) is 258 Å². The quantitative estimate of drug-likeness (QED) is 0.184. The summed E-state index contributed by atoms with van der Waals surface area (Å²) in [6.07, 6.45) is -8.86. The Morgan fingerprint density at radius 1 is 0.741 bits per heavy atom. The minimum absolute atomic E-state index is 0.00782. The van der Waals surface area contributed by atoms with E-state index in [9.17, 15) is 60.0 Å². The first-order valence-electron chi connectivity index (χ1n) is 21.1. The van der Waals surface area contributed by atoms with Crippen LogP contribution >= 0.6 is 0 Å². The zero-order valence-electron chi connectivity index (χ0n) is 34.7. The second-order valence-corrected chi connectivity index (χ2v) is 21.1. The van der Waals surface area contributed by atoms with Gasteiger partial charge in [-0.05, 0) is 116 Å². The zero-order chi connectivity index (χ0) is 42.9. The van der Waals surface area contributed by atoms with Crippen molar-refractivity contribution in [3.05, 3.63) is 11.6 Å². The van der Waals surface area contributed by atoms with Crippen LogP contribution < -0.4 is 0 Å². The fourth-order valence-electron chi connectivity index (χ4n) is 13.8. The van der Waals surface area contributed by atoms with Gasteiger partial charge in [-0.3, -0.25) is 14.4 Å². The minimum Gasteiger partial charge on any atom is -0.481 e. The first-order chi connectivity index (χ1) is 26.8. The van der Waals surface area contributed by atoms with Crippen LogP contribution in [-0.2, 0) is 33.4 Å². The SMILES string of the molecule is CC1(C)C2CC[C@]3(C)C(C(=O)C=C4C5C[C@@](C)(C(=O)O)CC[C@]5(C)CC[C@]43C)[C@@]2(C)CC[C@@H]1O[C@@H]1C[C@H](C(=O)O)[C@@H](O)[C@H](O)[C@H]1O[C@@H]1O[C@H](C(=O)O)[C@@H](O)[C@H](O)[C@H]1O. The molecular weight excluding hydrogens is 756 g/mol. The van der Waals surface area contributed by atoms with Gasteiger partial charge in [0.05, 0.1) is 29.6 Å². The highest BCUT2D eigenvalue weighted by Gasteiger charge is 2.71. The molecular formula is C43H64O15. The number of allylic oxidation sites excluding steroid dienone is 2. The molecule has 3 unspecified atom stereocenters. The van der Waals surface area contributed by atoms with Gasteiger partial charge < -0.3 is 55.1 Å². The van der Waals surface area contributed by atoms with Crippen LogP contribution in [0.3, 0.4) is 0 Å². The third-order valence-electron chi connectivity index (χ3n) is 17.7. The average molecular weight is 821 g/mol. The van der Waals surface area contributed by atoms with Crippen molar-refractivity contribution in [2.45, 2.75) is 174 Å². The molecule has 0 amide bonds. The fourth-order valence-corrected chi connectivity index (χ4v) is 13.8. The second kappa shape index (κ2) is 14.3. The molecule has 0 aromatic carbocycles. The van der Waals surface area contributed by atoms with Crippen LogP contribution in [0, 0.1) is 56.2 Å². The lowest BCUT2D eigenvalue weighted by atomic mass is 9.33. The van der Waals surface area contributed by atoms with Gasteiger partial charge in [0.25, 0.3) is 0 Å². The van der Waals surface area contributed by atoms with Gasteiger partial charge in [-0.2, -0.15) is 0 Å². The van der Waals surface area contributed by atoms with E-state index >= 15 is 0 Å². The third-order valence-corrected chi connectivity index (χ3v) is 17.7. The summed E-state index contributed by atoms with van der Waals surface area (Å²) < 4.78 is 18.0. The molecule has 8 N–H and O–H groups in total. The number of ether oxygens (including phenoxy) is 3. The van der Waals surface area contributed by atoms with E-state index in [0.717, 1.165) is 37.7 Å². The summed E-state index contributed by atoms with van der Waals surface area (Å²) in [4.78, 5) is 51.5. The van der Waals surface area contributed by atoms with Gasteiger partial charge in [-0.25, -0.2) is 4.79 Å². The molecule has 0 radical (unpaired) electrons. The maximum atomic E-state index is 14.9. The van der Waals surface area contributed by atoms with E-state index in [1.807, 2.05) is 13.0 Å². The molecule has 0 aromatic heterocycles. The summed E-state index contributed by atoms with van der Waals surface area (Å²) >= 11 is 0. The monoisotopic (exact) mass is 820 g/mol. The van der Waals surface area contributed by atoms with E-state index < -0.39 is 107 Å². The maximum absolute atomic E-state index is 14.9. The van der Waals surface area contributed by atoms with Gasteiger partial charge in [0.2, 0.25) is 0 Å². The van der Waals surface area contributed by atoms with Crippen LogP contribution in [0.1, 0.15) is 113 Å². The molecule has 7 aliphatic rings. The molecule has 0 aromatic rings. The van der Waals surface area contributed by atoms with Crippen LogP contribution in [0.2, 0.25) is 0 Å². The number of aliphatic carboxylic acids is 3. The highest BCUT2D eigenvalue weighted by Crippen LogP contribution is 2.75. The van der Waals surface area contributed by atoms with Gasteiger partial charge in [-0.15, -0.1) is 0 Å². The summed E-state index contributed by atoms with van der Waals surface area (Å²) in [5, 5.41) is 83.5. The van der Waals surface area contributed by atoms with Crippen LogP contribution in [0.25, 0.3) is 0 Å². The Morgan fingerprint density at radius 2 is 1.40 bits per heavy atom. The van der Waals surface area contributed by atoms with Crippen molar-refractivity contribution in [3.8, 4) is 0 Å². The Hall–Kier alpha value is -2.50. The molecule has 15 heteroatoms. The molecule has 6 aliphatic carbocycles. The van der Waals surface area contributed by atoms with E-state index in [0.29, 0.717) is 25.7 Å². The Morgan fingerprint density at radius 3 is 2.02 bits per heavy atom. The molecule has 5 saturated carbocycles. The Labute approximate surface area is 339 Å². The summed E-state index contributed by atoms with van der Waals surface area (Å²) in [5.41, 5.74) is -1.61. The molecule has 7 rings (SSSR count). The molecule has 0 bridgehead atoms. The molecule has 1 saturated heterocycles. The van der Waals surface area contributed by atoms with E-state index in [4.69, 9.17) is 14.2 Å². The van der Waals surface area contributed by atoms with Crippen LogP contribution in [0.4, 0.5) is 0 Å². The first-order valence-corrected chi connectivity index (χ1v) is 21.1. The smallest absolute Gasteiger partial charge is 0.335 e. The Kier molecular flexibility index (Phi) is 10.7. The zero-order valence-corrected chi connectivity index (χ0v) is 34.7. The van der Waals surface area contributed by atoms with Crippen molar-refractivity contribution < 1.29 is 74.2 Å². The van der Waals surface area contributed by atoms with Gasteiger partial charge in [0, 0.05) is 5.92 Å². The largest absolute Gasteiger partial charge is 0.481 e. The van der Waals surface area contributed by atoms with E-state index in [2.05, 4.69) is 41.5 Å². The van der Waals surface area contributed by atoms with Crippen molar-refractivity contribution in [2.24, 2.45) is 56.2 Å². The van der Waals surface area contributed by atoms with E-state index in [-0.39, 0.29) is 40.8 Å². The number of ketones is 1. The van der Waals surface area contributed by atoms with Gasteiger partial charge >= 0.3 is 17.9 Å². The third kappa shape index (κ3) is 6.26. The van der Waals surface area contributed by atoms with Gasteiger partial charge in [0.1, 0.15) is 30.5 Å². The average Bonchev–Trinajstić information content (AvgIpc) is 3.13. The number of carboxylic acids is 3. The molecule has 1 heterocycles. The molecule has 58 heavy (non-hydrogen) atoms. The summed E-state index contributed by atoms with van der Waals surface area (Å²) in [6, 6.07) is 0. The Balaban J connectivity index is 1.17. The van der Waals surface area contributed by atoms with Crippen LogP contribution in [0.15, 0.2) is 11.6 Å². The minimum atomic E-state index is -2.00. The lowest BCUT2D eigenvalue weighted by molar-refractivity contribution is -0.332. The fraction of sp³-hybridized carbons (Fsp3) is 0.860. The predicted molar refractivity (Wildman–Crippen MR) is 203 cm³/mol. The molecule has 1 aliphatic heterocycles. The normalized spacial score (nSPS) is 52.6. The van der Waals surface area contributed by atoms with Crippen LogP contribution in [-0.4, -0.2) is 126 Å². The number of hydrogen-bond acceptors (Lipinski definition) is 12. The number of fused-ring (bicyclic) bond motifs is 7. The van der Waals surface area contributed by atoms with E-state index in [1.54, 1.807) is 0 Å². The van der Waals surface area contributed by atoms with Crippen molar-refractivity contribution in [2.75, 3.05) is 0 Å². The molecule has 19 atom stereocenters. The number of carboxylic acid groups (broad SMARTS) is 3. The van der Waals surface area contributed by atoms with Crippen molar-refractivity contribution in [1.29, 1.82) is 0 Å². The van der Waals surface area contributed by atoms with Crippen LogP contribution in [0.5, 0.6) is 0 Å². The number of rotatable bonds is 7. The molecule has 6 fully saturated rings. The molecule has 326 valence electrons. The number of aliphatic hydroxyl groups excluding tert-OH is 5. The Bertz CT molecular complexity index is 1730. The number of hydrogen-bond donors (Lipinski definition) is 8. The van der Waals surface area contributed by atoms with Crippen molar-refractivity contribution in [1.82, 2.24) is 0 Å². The number of aliphatic hydroxyl groups is 5. The maximum Gasteiger partial charge on any atom is 0.335 e. The predicted octanol–water partition coefficient (Wildman–Crippen LogP) is 2.91. The van der Waals surface area contributed by atoms with Gasteiger partial charge in [0.15, 0.2) is 18.2 Å². The first kappa shape index (κ1) is 43.6. The lowest BCUT2D eigenvalue weighted by Crippen LogP contribution is -2.67. The second-order valence-electron chi connectivity index (χ2n) is 21.1. The summed E-state index contributed by atoms with van der Waals surface area (Å²) in [5.74, 6) is -5.54. The van der Waals surface area contributed by atoms with E-state index in [1.165, 1.54) is 0 Å². The molecule has 15 nitrogen and oxygen atoms in total. The summed E-state index contributed by atoms with van der Waals surface area (Å²) in [7, 11) is 0. The highest BCUT2D eigenvalue weighted by molar-refractivity contribution is 5.95. The number of carbonyl (C=O) groups is 4. The summed E-state index contributed by atoms with van der Waals surface area (Å²) in [6.45, 7) is 15.0.